The Morgan fingerprint density at radius 2 is 2.03 bits per heavy atom. The van der Waals surface area contributed by atoms with Crippen LogP contribution in [0.2, 0.25) is 0 Å². The summed E-state index contributed by atoms with van der Waals surface area (Å²) >= 11 is 1.44. The molecule has 170 valence electrons. The minimum atomic E-state index is -0.301. The average Bonchev–Trinajstić information content (AvgIpc) is 3.30. The second kappa shape index (κ2) is 9.85. The van der Waals surface area contributed by atoms with E-state index in [4.69, 9.17) is 9.72 Å². The van der Waals surface area contributed by atoms with Crippen molar-refractivity contribution in [2.75, 3.05) is 38.6 Å². The summed E-state index contributed by atoms with van der Waals surface area (Å²) in [6.07, 6.45) is 8.79. The third kappa shape index (κ3) is 4.84. The fourth-order valence-corrected chi connectivity index (χ4v) is 5.48. The Bertz CT molecular complexity index is 1280. The number of carbonyl (C=O) groups is 1. The average molecular weight is 461 g/mol. The summed E-state index contributed by atoms with van der Waals surface area (Å²) in [4.78, 5) is 24.3. The minimum Gasteiger partial charge on any atom is -0.465 e. The zero-order chi connectivity index (χ0) is 22.6. The van der Waals surface area contributed by atoms with Gasteiger partial charge in [-0.15, -0.1) is 11.3 Å². The maximum Gasteiger partial charge on any atom is 0.348 e. The minimum absolute atomic E-state index is 0.301. The Morgan fingerprint density at radius 1 is 1.15 bits per heavy atom. The summed E-state index contributed by atoms with van der Waals surface area (Å²) in [6.45, 7) is 4.51. The number of hydrogen-bond acceptors (Lipinski definition) is 7. The van der Waals surface area contributed by atoms with Gasteiger partial charge in [0, 0.05) is 40.3 Å². The largest absolute Gasteiger partial charge is 0.465 e. The van der Waals surface area contributed by atoms with E-state index in [1.165, 1.54) is 50.8 Å². The number of rotatable bonds is 7. The van der Waals surface area contributed by atoms with Crippen molar-refractivity contribution in [2.45, 2.75) is 25.7 Å². The number of thiophene rings is 1. The molecule has 1 saturated heterocycles. The lowest BCUT2D eigenvalue weighted by molar-refractivity contribution is 0.0606. The topological polar surface area (TPSA) is 67.3 Å². The van der Waals surface area contributed by atoms with Crippen LogP contribution in [0.15, 0.2) is 48.8 Å². The number of carbonyl (C=O) groups excluding carboxylic acids is 1. The van der Waals surface area contributed by atoms with Crippen molar-refractivity contribution in [3.05, 3.63) is 53.7 Å². The van der Waals surface area contributed by atoms with Gasteiger partial charge in [0.15, 0.2) is 0 Å². The fourth-order valence-electron chi connectivity index (χ4n) is 4.46. The molecule has 5 rings (SSSR count). The number of anilines is 1. The van der Waals surface area contributed by atoms with Crippen LogP contribution in [0.5, 0.6) is 0 Å². The molecule has 0 radical (unpaired) electrons. The van der Waals surface area contributed by atoms with Crippen LogP contribution in [0.3, 0.4) is 0 Å². The highest BCUT2D eigenvalue weighted by Crippen LogP contribution is 2.33. The normalized spacial score (nSPS) is 14.6. The number of ether oxygens (including phenoxy) is 1. The third-order valence-electron chi connectivity index (χ3n) is 6.23. The Labute approximate surface area is 197 Å². The molecule has 0 aliphatic carbocycles. The van der Waals surface area contributed by atoms with Crippen LogP contribution in [-0.4, -0.2) is 54.1 Å². The molecule has 3 aromatic heterocycles. The van der Waals surface area contributed by atoms with Crippen molar-refractivity contribution in [1.82, 2.24) is 14.9 Å². The first-order chi connectivity index (χ1) is 16.2. The number of hydrogen-bond donors (Lipinski definition) is 1. The van der Waals surface area contributed by atoms with Crippen molar-refractivity contribution in [1.29, 1.82) is 0 Å². The van der Waals surface area contributed by atoms with E-state index >= 15 is 0 Å². The molecule has 6 nitrogen and oxygen atoms in total. The number of nitrogens with zero attached hydrogens (tertiary/aromatic N) is 3. The van der Waals surface area contributed by atoms with E-state index in [9.17, 15) is 4.79 Å². The van der Waals surface area contributed by atoms with Gasteiger partial charge in [-0.2, -0.15) is 0 Å². The van der Waals surface area contributed by atoms with Gasteiger partial charge >= 0.3 is 5.97 Å². The lowest BCUT2D eigenvalue weighted by Gasteiger charge is -2.26. The molecule has 4 aromatic rings. The fraction of sp³-hybridized carbons (Fsp3) is 0.346. The van der Waals surface area contributed by atoms with Gasteiger partial charge in [0.05, 0.1) is 18.3 Å². The lowest BCUT2D eigenvalue weighted by Crippen LogP contribution is -2.31. The van der Waals surface area contributed by atoms with E-state index in [1.54, 1.807) is 6.20 Å². The van der Waals surface area contributed by atoms with Gasteiger partial charge < -0.3 is 15.0 Å². The maximum absolute atomic E-state index is 11.9. The predicted molar refractivity (Wildman–Crippen MR) is 135 cm³/mol. The van der Waals surface area contributed by atoms with Gasteiger partial charge in [-0.3, -0.25) is 4.98 Å². The number of methoxy groups -OCH3 is 1. The number of piperidine rings is 1. The summed E-state index contributed by atoms with van der Waals surface area (Å²) < 4.78 is 5.91. The molecule has 0 saturated carbocycles. The predicted octanol–water partition coefficient (Wildman–Crippen LogP) is 5.59. The summed E-state index contributed by atoms with van der Waals surface area (Å²) in [5, 5.41) is 5.70. The van der Waals surface area contributed by atoms with Gasteiger partial charge in [-0.1, -0.05) is 18.6 Å². The number of esters is 1. The summed E-state index contributed by atoms with van der Waals surface area (Å²) in [5.41, 5.74) is 3.91. The molecule has 0 amide bonds. The molecule has 7 heteroatoms. The molecule has 1 N–H and O–H groups in total. The van der Waals surface area contributed by atoms with Crippen LogP contribution < -0.4 is 5.32 Å². The first kappa shape index (κ1) is 21.8. The van der Waals surface area contributed by atoms with Crippen molar-refractivity contribution < 1.29 is 9.53 Å². The standard InChI is InChI=1S/C26H28N4O2S/c1-32-26(31)25-15-19-7-6-18(14-24(19)33-25)22-16-23(20-17-27-10-8-21(20)29-22)28-9-5-13-30-11-3-2-4-12-30/h6-8,10,14-17H,2-5,9,11-13H2,1H3,(H,28,29). The molecule has 33 heavy (non-hydrogen) atoms. The second-order valence-electron chi connectivity index (χ2n) is 8.49. The van der Waals surface area contributed by atoms with E-state index in [2.05, 4.69) is 33.4 Å². The zero-order valence-electron chi connectivity index (χ0n) is 18.8. The molecule has 4 heterocycles. The Hall–Kier alpha value is -3.03. The van der Waals surface area contributed by atoms with Gasteiger partial charge in [0.2, 0.25) is 0 Å². The second-order valence-corrected chi connectivity index (χ2v) is 9.57. The van der Waals surface area contributed by atoms with Crippen LogP contribution in [0.1, 0.15) is 35.4 Å². The molecule has 0 atom stereocenters. The van der Waals surface area contributed by atoms with Gasteiger partial charge in [0.25, 0.3) is 0 Å². The number of pyridine rings is 2. The zero-order valence-corrected chi connectivity index (χ0v) is 19.7. The van der Waals surface area contributed by atoms with Crippen LogP contribution in [0, 0.1) is 0 Å². The summed E-state index contributed by atoms with van der Waals surface area (Å²) in [5.74, 6) is -0.301. The Kier molecular flexibility index (Phi) is 6.51. The Morgan fingerprint density at radius 3 is 2.88 bits per heavy atom. The van der Waals surface area contributed by atoms with Crippen molar-refractivity contribution in [3.63, 3.8) is 0 Å². The van der Waals surface area contributed by atoms with E-state index < -0.39 is 0 Å². The SMILES string of the molecule is COC(=O)c1cc2ccc(-c3cc(NCCCN4CCCCC4)c4cnccc4n3)cc2s1. The number of aromatic nitrogens is 2. The molecule has 0 spiro atoms. The van der Waals surface area contributed by atoms with Crippen LogP contribution in [0.4, 0.5) is 5.69 Å². The van der Waals surface area contributed by atoms with Crippen LogP contribution in [-0.2, 0) is 4.74 Å². The van der Waals surface area contributed by atoms with Crippen molar-refractivity contribution in [2.24, 2.45) is 0 Å². The molecule has 1 fully saturated rings. The number of nitrogens with one attached hydrogen (secondary N) is 1. The summed E-state index contributed by atoms with van der Waals surface area (Å²) in [7, 11) is 1.41. The van der Waals surface area contributed by atoms with E-state index in [1.807, 2.05) is 24.4 Å². The molecule has 1 aromatic carbocycles. The molecule has 1 aliphatic rings. The van der Waals surface area contributed by atoms with E-state index in [0.29, 0.717) is 4.88 Å². The Balaban J connectivity index is 1.39. The van der Waals surface area contributed by atoms with E-state index in [-0.39, 0.29) is 5.97 Å². The van der Waals surface area contributed by atoms with E-state index in [0.717, 1.165) is 57.4 Å². The third-order valence-corrected chi connectivity index (χ3v) is 7.31. The monoisotopic (exact) mass is 460 g/mol. The first-order valence-electron chi connectivity index (χ1n) is 11.5. The smallest absolute Gasteiger partial charge is 0.348 e. The van der Waals surface area contributed by atoms with Crippen molar-refractivity contribution >= 4 is 44.0 Å². The maximum atomic E-state index is 11.9. The summed E-state index contributed by atoms with van der Waals surface area (Å²) in [6, 6.07) is 12.1. The lowest BCUT2D eigenvalue weighted by atomic mass is 10.1. The van der Waals surface area contributed by atoms with Gasteiger partial charge in [-0.05, 0) is 68.5 Å². The van der Waals surface area contributed by atoms with Crippen LogP contribution >= 0.6 is 11.3 Å². The van der Waals surface area contributed by atoms with Gasteiger partial charge in [-0.25, -0.2) is 9.78 Å². The van der Waals surface area contributed by atoms with Crippen molar-refractivity contribution in [3.8, 4) is 11.3 Å². The first-order valence-corrected chi connectivity index (χ1v) is 12.4. The highest BCUT2D eigenvalue weighted by Gasteiger charge is 2.13. The highest BCUT2D eigenvalue weighted by atomic mass is 32.1. The van der Waals surface area contributed by atoms with Crippen LogP contribution in [0.25, 0.3) is 32.2 Å². The highest BCUT2D eigenvalue weighted by molar-refractivity contribution is 7.20. The number of fused-ring (bicyclic) bond motifs is 2. The molecule has 0 unspecified atom stereocenters. The molecular formula is C26H28N4O2S. The number of benzene rings is 1. The quantitative estimate of drug-likeness (QED) is 0.287. The van der Waals surface area contributed by atoms with Gasteiger partial charge in [0.1, 0.15) is 4.88 Å². The molecular weight excluding hydrogens is 432 g/mol. The molecule has 0 bridgehead atoms. The number of likely N-dealkylation sites (tertiary alicyclic amines) is 1. The molecule has 1 aliphatic heterocycles.